The van der Waals surface area contributed by atoms with Crippen molar-refractivity contribution >= 4 is 16.8 Å². The quantitative estimate of drug-likeness (QED) is 0.683. The molecular formula is C16H16N2O3. The standard InChI is InChI=1S/C16H16N2O3/c1-9(11-5-13(19)8-14(20)6-11)17-12-3-4-16-15(7-12)18-10(2)21-16/h3-9,17,19-20H,1-2H3. The number of benzene rings is 2. The lowest BCUT2D eigenvalue weighted by atomic mass is 10.1. The van der Waals surface area contributed by atoms with Crippen molar-refractivity contribution in [3.63, 3.8) is 0 Å². The molecule has 108 valence electrons. The molecule has 3 N–H and O–H groups in total. The van der Waals surface area contributed by atoms with E-state index in [0.29, 0.717) is 5.89 Å². The number of phenols is 2. The number of oxazole rings is 1. The molecule has 0 aliphatic carbocycles. The third-order valence-corrected chi connectivity index (χ3v) is 3.30. The number of aromatic nitrogens is 1. The Labute approximate surface area is 121 Å². The fourth-order valence-corrected chi connectivity index (χ4v) is 2.33. The zero-order chi connectivity index (χ0) is 15.0. The Hall–Kier alpha value is -2.69. The molecule has 0 radical (unpaired) electrons. The highest BCUT2D eigenvalue weighted by Gasteiger charge is 2.09. The molecule has 3 rings (SSSR count). The molecular weight excluding hydrogens is 268 g/mol. The van der Waals surface area contributed by atoms with E-state index >= 15 is 0 Å². The predicted molar refractivity (Wildman–Crippen MR) is 80.6 cm³/mol. The number of fused-ring (bicyclic) bond motifs is 1. The molecule has 1 unspecified atom stereocenters. The molecule has 1 atom stereocenters. The van der Waals surface area contributed by atoms with E-state index in [1.807, 2.05) is 32.0 Å². The third kappa shape index (κ3) is 2.76. The normalized spacial score (nSPS) is 12.5. The molecule has 5 nitrogen and oxygen atoms in total. The first kappa shape index (κ1) is 13.3. The zero-order valence-electron chi connectivity index (χ0n) is 11.8. The minimum atomic E-state index is -0.0755. The second kappa shape index (κ2) is 5.01. The number of rotatable bonds is 3. The Morgan fingerprint density at radius 1 is 1.10 bits per heavy atom. The molecule has 0 bridgehead atoms. The minimum Gasteiger partial charge on any atom is -0.508 e. The van der Waals surface area contributed by atoms with E-state index in [-0.39, 0.29) is 17.5 Å². The Morgan fingerprint density at radius 3 is 2.52 bits per heavy atom. The summed E-state index contributed by atoms with van der Waals surface area (Å²) in [7, 11) is 0. The maximum absolute atomic E-state index is 9.54. The van der Waals surface area contributed by atoms with Crippen LogP contribution in [0.5, 0.6) is 11.5 Å². The lowest BCUT2D eigenvalue weighted by Gasteiger charge is -2.16. The van der Waals surface area contributed by atoms with E-state index in [1.165, 1.54) is 6.07 Å². The van der Waals surface area contributed by atoms with Gasteiger partial charge in [-0.25, -0.2) is 4.98 Å². The van der Waals surface area contributed by atoms with Crippen LogP contribution in [0.25, 0.3) is 11.1 Å². The topological polar surface area (TPSA) is 78.5 Å². The van der Waals surface area contributed by atoms with Gasteiger partial charge in [0, 0.05) is 24.7 Å². The van der Waals surface area contributed by atoms with Crippen LogP contribution in [-0.4, -0.2) is 15.2 Å². The van der Waals surface area contributed by atoms with E-state index in [1.54, 1.807) is 12.1 Å². The van der Waals surface area contributed by atoms with Crippen LogP contribution in [0.2, 0.25) is 0 Å². The Balaban J connectivity index is 1.86. The average molecular weight is 284 g/mol. The maximum atomic E-state index is 9.54. The predicted octanol–water partition coefficient (Wildman–Crippen LogP) is 3.72. The first-order valence-electron chi connectivity index (χ1n) is 6.68. The lowest BCUT2D eigenvalue weighted by molar-refractivity contribution is 0.448. The molecule has 0 aliphatic rings. The number of nitrogens with one attached hydrogen (secondary N) is 1. The summed E-state index contributed by atoms with van der Waals surface area (Å²) in [5.41, 5.74) is 3.24. The number of aromatic hydroxyl groups is 2. The van der Waals surface area contributed by atoms with Gasteiger partial charge in [-0.1, -0.05) is 0 Å². The third-order valence-electron chi connectivity index (χ3n) is 3.30. The molecule has 5 heteroatoms. The highest BCUT2D eigenvalue weighted by atomic mass is 16.3. The van der Waals surface area contributed by atoms with Gasteiger partial charge < -0.3 is 19.9 Å². The molecule has 21 heavy (non-hydrogen) atoms. The Bertz CT molecular complexity index is 775. The summed E-state index contributed by atoms with van der Waals surface area (Å²) in [6, 6.07) is 10.2. The van der Waals surface area contributed by atoms with Crippen LogP contribution in [0.1, 0.15) is 24.4 Å². The number of hydrogen-bond donors (Lipinski definition) is 3. The number of anilines is 1. The summed E-state index contributed by atoms with van der Waals surface area (Å²) in [6.45, 7) is 3.76. The summed E-state index contributed by atoms with van der Waals surface area (Å²) in [5, 5.41) is 22.4. The Kier molecular flexibility index (Phi) is 3.17. The lowest BCUT2D eigenvalue weighted by Crippen LogP contribution is -2.06. The van der Waals surface area contributed by atoms with Gasteiger partial charge in [-0.3, -0.25) is 0 Å². The monoisotopic (exact) mass is 284 g/mol. The van der Waals surface area contributed by atoms with Gasteiger partial charge in [-0.15, -0.1) is 0 Å². The molecule has 3 aromatic rings. The molecule has 0 amide bonds. The maximum Gasteiger partial charge on any atom is 0.192 e. The van der Waals surface area contributed by atoms with Gasteiger partial charge in [0.2, 0.25) is 0 Å². The summed E-state index contributed by atoms with van der Waals surface area (Å²) >= 11 is 0. The molecule has 2 aromatic carbocycles. The van der Waals surface area contributed by atoms with Crippen molar-refractivity contribution in [3.05, 3.63) is 47.9 Å². The summed E-state index contributed by atoms with van der Waals surface area (Å²) in [5.74, 6) is 0.718. The van der Waals surface area contributed by atoms with E-state index < -0.39 is 0 Å². The van der Waals surface area contributed by atoms with E-state index in [2.05, 4.69) is 10.3 Å². The van der Waals surface area contributed by atoms with Crippen LogP contribution in [0.4, 0.5) is 5.69 Å². The largest absolute Gasteiger partial charge is 0.508 e. The van der Waals surface area contributed by atoms with Crippen LogP contribution in [0.3, 0.4) is 0 Å². The molecule has 0 saturated carbocycles. The van der Waals surface area contributed by atoms with Crippen molar-refractivity contribution in [1.82, 2.24) is 4.98 Å². The van der Waals surface area contributed by atoms with Gasteiger partial charge in [-0.2, -0.15) is 0 Å². The second-order valence-electron chi connectivity index (χ2n) is 5.06. The van der Waals surface area contributed by atoms with Gasteiger partial charge in [0.1, 0.15) is 17.0 Å². The minimum absolute atomic E-state index is 0.0428. The molecule has 0 spiro atoms. The van der Waals surface area contributed by atoms with Gasteiger partial charge in [0.25, 0.3) is 0 Å². The zero-order valence-corrected chi connectivity index (χ0v) is 11.8. The summed E-state index contributed by atoms with van der Waals surface area (Å²) in [4.78, 5) is 4.30. The van der Waals surface area contributed by atoms with Crippen molar-refractivity contribution in [2.75, 3.05) is 5.32 Å². The van der Waals surface area contributed by atoms with Crippen LogP contribution in [0.15, 0.2) is 40.8 Å². The van der Waals surface area contributed by atoms with Crippen LogP contribution >= 0.6 is 0 Å². The summed E-state index contributed by atoms with van der Waals surface area (Å²) in [6.07, 6.45) is 0. The van der Waals surface area contributed by atoms with Gasteiger partial charge in [-0.05, 0) is 42.8 Å². The number of nitrogens with zero attached hydrogens (tertiary/aromatic N) is 1. The van der Waals surface area contributed by atoms with Crippen LogP contribution < -0.4 is 5.32 Å². The van der Waals surface area contributed by atoms with Gasteiger partial charge in [0.15, 0.2) is 11.5 Å². The highest BCUT2D eigenvalue weighted by Crippen LogP contribution is 2.28. The number of hydrogen-bond acceptors (Lipinski definition) is 5. The molecule has 0 fully saturated rings. The first-order chi connectivity index (χ1) is 10.0. The second-order valence-corrected chi connectivity index (χ2v) is 5.06. The molecule has 0 aliphatic heterocycles. The van der Waals surface area contributed by atoms with Crippen molar-refractivity contribution < 1.29 is 14.6 Å². The van der Waals surface area contributed by atoms with Crippen LogP contribution in [-0.2, 0) is 0 Å². The van der Waals surface area contributed by atoms with Crippen molar-refractivity contribution in [2.24, 2.45) is 0 Å². The number of phenolic OH excluding ortho intramolecular Hbond substituents is 2. The number of aryl methyl sites for hydroxylation is 1. The van der Waals surface area contributed by atoms with Crippen molar-refractivity contribution in [3.8, 4) is 11.5 Å². The molecule has 1 heterocycles. The van der Waals surface area contributed by atoms with Crippen LogP contribution in [0, 0.1) is 6.92 Å². The van der Waals surface area contributed by atoms with Gasteiger partial charge in [0.05, 0.1) is 0 Å². The first-order valence-corrected chi connectivity index (χ1v) is 6.68. The van der Waals surface area contributed by atoms with Crippen molar-refractivity contribution in [2.45, 2.75) is 19.9 Å². The van der Waals surface area contributed by atoms with E-state index in [4.69, 9.17) is 4.42 Å². The Morgan fingerprint density at radius 2 is 1.81 bits per heavy atom. The highest BCUT2D eigenvalue weighted by molar-refractivity contribution is 5.77. The molecule has 1 aromatic heterocycles. The van der Waals surface area contributed by atoms with Gasteiger partial charge >= 0.3 is 0 Å². The SMILES string of the molecule is Cc1nc2cc(NC(C)c3cc(O)cc(O)c3)ccc2o1. The summed E-state index contributed by atoms with van der Waals surface area (Å²) < 4.78 is 5.44. The fraction of sp³-hybridized carbons (Fsp3) is 0.188. The van der Waals surface area contributed by atoms with E-state index in [0.717, 1.165) is 22.4 Å². The van der Waals surface area contributed by atoms with Crippen molar-refractivity contribution in [1.29, 1.82) is 0 Å². The van der Waals surface area contributed by atoms with E-state index in [9.17, 15) is 10.2 Å². The smallest absolute Gasteiger partial charge is 0.192 e. The fourth-order valence-electron chi connectivity index (χ4n) is 2.33. The average Bonchev–Trinajstić information content (AvgIpc) is 2.77. The molecule has 0 saturated heterocycles.